The van der Waals surface area contributed by atoms with Crippen molar-refractivity contribution in [2.24, 2.45) is 0 Å². The van der Waals surface area contributed by atoms with E-state index in [2.05, 4.69) is 58.1 Å². The monoisotopic (exact) mass is 259 g/mol. The van der Waals surface area contributed by atoms with Crippen molar-refractivity contribution in [3.63, 3.8) is 0 Å². The minimum Gasteiger partial charge on any atom is -0.459 e. The summed E-state index contributed by atoms with van der Waals surface area (Å²) in [6.45, 7) is 12.0. The highest BCUT2D eigenvalue weighted by Crippen LogP contribution is 2.38. The predicted molar refractivity (Wildman–Crippen MR) is 81.8 cm³/mol. The van der Waals surface area contributed by atoms with Crippen molar-refractivity contribution in [3.8, 4) is 0 Å². The van der Waals surface area contributed by atoms with Crippen LogP contribution in [0.1, 0.15) is 57.4 Å². The van der Waals surface area contributed by atoms with E-state index in [1.165, 1.54) is 16.5 Å². The van der Waals surface area contributed by atoms with Crippen molar-refractivity contribution < 1.29 is 4.42 Å². The lowest BCUT2D eigenvalue weighted by Crippen LogP contribution is -2.15. The third kappa shape index (κ3) is 2.55. The van der Waals surface area contributed by atoms with Gasteiger partial charge < -0.3 is 9.73 Å². The molecule has 0 fully saturated rings. The minimum absolute atomic E-state index is 0.0903. The van der Waals surface area contributed by atoms with Crippen LogP contribution in [0.4, 0.5) is 0 Å². The Kier molecular flexibility index (Phi) is 3.73. The molecule has 0 saturated carbocycles. The number of furan rings is 1. The van der Waals surface area contributed by atoms with Crippen molar-refractivity contribution >= 4 is 11.0 Å². The largest absolute Gasteiger partial charge is 0.459 e. The number of hydrogen-bond donors (Lipinski definition) is 1. The van der Waals surface area contributed by atoms with Crippen molar-refractivity contribution in [3.05, 3.63) is 35.1 Å². The summed E-state index contributed by atoms with van der Waals surface area (Å²) in [6, 6.07) is 6.50. The zero-order valence-corrected chi connectivity index (χ0v) is 12.9. The lowest BCUT2D eigenvalue weighted by Gasteiger charge is -2.19. The van der Waals surface area contributed by atoms with Gasteiger partial charge in [0.15, 0.2) is 0 Å². The molecule has 0 spiro atoms. The maximum Gasteiger partial charge on any atom is 0.138 e. The Bertz CT molecular complexity index is 573. The van der Waals surface area contributed by atoms with E-state index in [0.717, 1.165) is 17.9 Å². The molecule has 0 bridgehead atoms. The number of benzene rings is 1. The quantitative estimate of drug-likeness (QED) is 0.873. The standard InChI is InChI=1S/C17H25NO/c1-11(2)12-8-7-9-13-15(17(3,4)5)14(10-18-6)19-16(12)13/h7-9,11,18H,10H2,1-6H3. The van der Waals surface area contributed by atoms with Crippen LogP contribution in [-0.4, -0.2) is 7.05 Å². The molecule has 1 heterocycles. The molecule has 0 radical (unpaired) electrons. The van der Waals surface area contributed by atoms with E-state index < -0.39 is 0 Å². The highest BCUT2D eigenvalue weighted by molar-refractivity contribution is 5.86. The summed E-state index contributed by atoms with van der Waals surface area (Å²) in [5.41, 5.74) is 3.78. The third-order valence-corrected chi connectivity index (χ3v) is 3.53. The molecule has 0 aliphatic heterocycles. The van der Waals surface area contributed by atoms with Gasteiger partial charge in [-0.05, 0) is 23.9 Å². The van der Waals surface area contributed by atoms with E-state index in [9.17, 15) is 0 Å². The maximum atomic E-state index is 6.20. The van der Waals surface area contributed by atoms with Gasteiger partial charge in [0, 0.05) is 10.9 Å². The van der Waals surface area contributed by atoms with E-state index >= 15 is 0 Å². The highest BCUT2D eigenvalue weighted by atomic mass is 16.3. The molecule has 1 aromatic heterocycles. The minimum atomic E-state index is 0.0903. The van der Waals surface area contributed by atoms with E-state index in [1.807, 2.05) is 7.05 Å². The van der Waals surface area contributed by atoms with Gasteiger partial charge in [-0.2, -0.15) is 0 Å². The van der Waals surface area contributed by atoms with E-state index in [4.69, 9.17) is 4.42 Å². The molecule has 2 aromatic rings. The normalized spacial score (nSPS) is 12.6. The van der Waals surface area contributed by atoms with Crippen LogP contribution in [0.5, 0.6) is 0 Å². The Balaban J connectivity index is 2.77. The summed E-state index contributed by atoms with van der Waals surface area (Å²) in [4.78, 5) is 0. The van der Waals surface area contributed by atoms with E-state index in [1.54, 1.807) is 0 Å². The second-order valence-electron chi connectivity index (χ2n) is 6.56. The summed E-state index contributed by atoms with van der Waals surface area (Å²) in [5.74, 6) is 1.54. The van der Waals surface area contributed by atoms with Crippen LogP contribution in [0.2, 0.25) is 0 Å². The number of hydrogen-bond acceptors (Lipinski definition) is 2. The third-order valence-electron chi connectivity index (χ3n) is 3.53. The van der Waals surface area contributed by atoms with Crippen molar-refractivity contribution in [2.75, 3.05) is 7.05 Å². The van der Waals surface area contributed by atoms with Crippen LogP contribution >= 0.6 is 0 Å². The Morgan fingerprint density at radius 2 is 1.89 bits per heavy atom. The smallest absolute Gasteiger partial charge is 0.138 e. The van der Waals surface area contributed by atoms with E-state index in [0.29, 0.717) is 5.92 Å². The van der Waals surface area contributed by atoms with Gasteiger partial charge in [0.1, 0.15) is 11.3 Å². The highest BCUT2D eigenvalue weighted by Gasteiger charge is 2.26. The molecule has 0 atom stereocenters. The zero-order valence-electron chi connectivity index (χ0n) is 12.9. The van der Waals surface area contributed by atoms with Gasteiger partial charge in [-0.3, -0.25) is 0 Å². The molecule has 0 unspecified atom stereocenters. The van der Waals surface area contributed by atoms with Crippen LogP contribution in [0.15, 0.2) is 22.6 Å². The average molecular weight is 259 g/mol. The van der Waals surface area contributed by atoms with Crippen molar-refractivity contribution in [2.45, 2.75) is 52.5 Å². The molecule has 1 aromatic carbocycles. The molecule has 19 heavy (non-hydrogen) atoms. The van der Waals surface area contributed by atoms with E-state index in [-0.39, 0.29) is 5.41 Å². The second kappa shape index (κ2) is 5.01. The lowest BCUT2D eigenvalue weighted by molar-refractivity contribution is 0.492. The average Bonchev–Trinajstić information content (AvgIpc) is 2.66. The molecular weight excluding hydrogens is 234 g/mol. The van der Waals surface area contributed by atoms with Gasteiger partial charge >= 0.3 is 0 Å². The van der Waals surface area contributed by atoms with Crippen molar-refractivity contribution in [1.29, 1.82) is 0 Å². The molecule has 2 rings (SSSR count). The summed E-state index contributed by atoms with van der Waals surface area (Å²) in [5, 5.41) is 4.48. The van der Waals surface area contributed by atoms with Gasteiger partial charge in [-0.1, -0.05) is 52.8 Å². The first kappa shape index (κ1) is 14.1. The van der Waals surface area contributed by atoms with Crippen LogP contribution in [0.3, 0.4) is 0 Å². The van der Waals surface area contributed by atoms with Gasteiger partial charge in [-0.25, -0.2) is 0 Å². The van der Waals surface area contributed by atoms with Crippen LogP contribution < -0.4 is 5.32 Å². The predicted octanol–water partition coefficient (Wildman–Crippen LogP) is 4.57. The molecular formula is C17H25NO. The SMILES string of the molecule is CNCc1oc2c(C(C)C)cccc2c1C(C)(C)C. The van der Waals surface area contributed by atoms with Crippen LogP contribution in [-0.2, 0) is 12.0 Å². The topological polar surface area (TPSA) is 25.2 Å². The van der Waals surface area contributed by atoms with Crippen LogP contribution in [0.25, 0.3) is 11.0 Å². The zero-order chi connectivity index (χ0) is 14.2. The number of rotatable bonds is 3. The summed E-state index contributed by atoms with van der Waals surface area (Å²) >= 11 is 0. The molecule has 2 nitrogen and oxygen atoms in total. The first-order valence-electron chi connectivity index (χ1n) is 7.05. The molecule has 0 aliphatic rings. The van der Waals surface area contributed by atoms with Gasteiger partial charge in [-0.15, -0.1) is 0 Å². The number of para-hydroxylation sites is 1. The Morgan fingerprint density at radius 1 is 1.21 bits per heavy atom. The fourth-order valence-electron chi connectivity index (χ4n) is 2.75. The molecule has 0 aliphatic carbocycles. The molecule has 2 heteroatoms. The second-order valence-corrected chi connectivity index (χ2v) is 6.56. The molecule has 0 saturated heterocycles. The fraction of sp³-hybridized carbons (Fsp3) is 0.529. The summed E-state index contributed by atoms with van der Waals surface area (Å²) < 4.78 is 6.20. The van der Waals surface area contributed by atoms with Gasteiger partial charge in [0.05, 0.1) is 6.54 Å². The Hall–Kier alpha value is -1.28. The molecule has 0 amide bonds. The van der Waals surface area contributed by atoms with Gasteiger partial charge in [0.2, 0.25) is 0 Å². The summed E-state index contributed by atoms with van der Waals surface area (Å²) in [6.07, 6.45) is 0. The van der Waals surface area contributed by atoms with Crippen LogP contribution in [0, 0.1) is 0 Å². The number of fused-ring (bicyclic) bond motifs is 1. The first-order chi connectivity index (χ1) is 8.86. The first-order valence-corrected chi connectivity index (χ1v) is 7.05. The molecule has 104 valence electrons. The lowest BCUT2D eigenvalue weighted by atomic mass is 9.84. The molecule has 1 N–H and O–H groups in total. The van der Waals surface area contributed by atoms with Gasteiger partial charge in [0.25, 0.3) is 0 Å². The number of nitrogens with one attached hydrogen (secondary N) is 1. The Labute approximate surface area is 116 Å². The summed E-state index contributed by atoms with van der Waals surface area (Å²) in [7, 11) is 1.96. The fourth-order valence-corrected chi connectivity index (χ4v) is 2.75. The maximum absolute atomic E-state index is 6.20. The van der Waals surface area contributed by atoms with Crippen molar-refractivity contribution in [1.82, 2.24) is 5.32 Å². The Morgan fingerprint density at radius 3 is 2.42 bits per heavy atom.